The molecular weight excluding hydrogens is 274 g/mol. The van der Waals surface area contributed by atoms with E-state index in [1.807, 2.05) is 0 Å². The van der Waals surface area contributed by atoms with Gasteiger partial charge in [-0.2, -0.15) is 5.10 Å². The Kier molecular flexibility index (Phi) is 6.06. The van der Waals surface area contributed by atoms with Gasteiger partial charge in [-0.05, 0) is 31.5 Å². The zero-order valence-corrected chi connectivity index (χ0v) is 11.8. The van der Waals surface area contributed by atoms with Gasteiger partial charge in [0, 0.05) is 6.04 Å². The second kappa shape index (κ2) is 7.78. The highest BCUT2D eigenvalue weighted by molar-refractivity contribution is 5.97. The number of aromatic carboxylic acids is 1. The molecule has 0 unspecified atom stereocenters. The number of benzene rings is 1. The third kappa shape index (κ3) is 6.33. The summed E-state index contributed by atoms with van der Waals surface area (Å²) >= 11 is 0. The number of nitrogens with one attached hydrogen (secondary N) is 2. The van der Waals surface area contributed by atoms with Crippen molar-refractivity contribution in [3.05, 3.63) is 35.4 Å². The monoisotopic (exact) mass is 291 g/mol. The van der Waals surface area contributed by atoms with Crippen molar-refractivity contribution in [2.75, 3.05) is 0 Å². The number of hydrogen-bond donors (Lipinski definition) is 3. The van der Waals surface area contributed by atoms with Crippen LogP contribution in [-0.4, -0.2) is 35.1 Å². The van der Waals surface area contributed by atoms with Crippen LogP contribution in [0.5, 0.6) is 0 Å². The van der Waals surface area contributed by atoms with Crippen molar-refractivity contribution < 1.29 is 19.5 Å². The Morgan fingerprint density at radius 1 is 1.19 bits per heavy atom. The van der Waals surface area contributed by atoms with E-state index in [1.165, 1.54) is 18.3 Å². The van der Waals surface area contributed by atoms with Crippen molar-refractivity contribution in [3.8, 4) is 0 Å². The van der Waals surface area contributed by atoms with Gasteiger partial charge in [0.05, 0.1) is 11.8 Å². The largest absolute Gasteiger partial charge is 0.478 e. The van der Waals surface area contributed by atoms with Crippen LogP contribution in [0.1, 0.15) is 36.2 Å². The van der Waals surface area contributed by atoms with Crippen LogP contribution in [0.15, 0.2) is 29.4 Å². The van der Waals surface area contributed by atoms with Crippen LogP contribution >= 0.6 is 0 Å². The Hall–Kier alpha value is -2.70. The lowest BCUT2D eigenvalue weighted by molar-refractivity contribution is -0.129. The molecule has 2 amide bonds. The number of carboxylic acids is 1. The Balaban J connectivity index is 2.45. The van der Waals surface area contributed by atoms with Gasteiger partial charge in [0.15, 0.2) is 0 Å². The van der Waals surface area contributed by atoms with Crippen LogP contribution in [0.4, 0.5) is 0 Å². The molecule has 0 aliphatic rings. The van der Waals surface area contributed by atoms with E-state index >= 15 is 0 Å². The molecule has 0 fully saturated rings. The first-order valence-electron chi connectivity index (χ1n) is 6.33. The van der Waals surface area contributed by atoms with Crippen LogP contribution in [0, 0.1) is 0 Å². The number of hydrazone groups is 1. The van der Waals surface area contributed by atoms with Gasteiger partial charge in [0.1, 0.15) is 6.42 Å². The highest BCUT2D eigenvalue weighted by Crippen LogP contribution is 2.02. The summed E-state index contributed by atoms with van der Waals surface area (Å²) in [4.78, 5) is 33.4. The third-order valence-electron chi connectivity index (χ3n) is 2.33. The molecule has 0 bridgehead atoms. The molecule has 3 N–H and O–H groups in total. The molecule has 0 radical (unpaired) electrons. The first-order chi connectivity index (χ1) is 9.88. The summed E-state index contributed by atoms with van der Waals surface area (Å²) in [7, 11) is 0. The minimum atomic E-state index is -1.01. The van der Waals surface area contributed by atoms with E-state index in [0.29, 0.717) is 5.56 Å². The van der Waals surface area contributed by atoms with E-state index in [9.17, 15) is 14.4 Å². The fourth-order valence-corrected chi connectivity index (χ4v) is 1.45. The molecule has 0 atom stereocenters. The lowest BCUT2D eigenvalue weighted by atomic mass is 10.1. The van der Waals surface area contributed by atoms with Gasteiger partial charge in [-0.1, -0.05) is 12.1 Å². The van der Waals surface area contributed by atoms with E-state index in [1.54, 1.807) is 26.0 Å². The fourth-order valence-electron chi connectivity index (χ4n) is 1.45. The van der Waals surface area contributed by atoms with Crippen LogP contribution in [0.25, 0.3) is 0 Å². The Labute approximate surface area is 122 Å². The predicted molar refractivity (Wildman–Crippen MR) is 77.0 cm³/mol. The van der Waals surface area contributed by atoms with Gasteiger partial charge in [-0.3, -0.25) is 9.59 Å². The summed E-state index contributed by atoms with van der Waals surface area (Å²) in [5.74, 6) is -1.90. The molecule has 0 aromatic heterocycles. The molecular formula is C14H17N3O4. The maximum absolute atomic E-state index is 11.4. The molecule has 0 spiro atoms. The van der Waals surface area contributed by atoms with Gasteiger partial charge in [0.2, 0.25) is 11.8 Å². The van der Waals surface area contributed by atoms with E-state index in [-0.39, 0.29) is 23.9 Å². The standard InChI is InChI=1S/C14H17N3O4/c1-9(2)16-12(18)7-13(19)17-15-8-10-3-5-11(6-4-10)14(20)21/h3-6,8-9H,7H2,1-2H3,(H,16,18)(H,17,19)(H,20,21). The Bertz CT molecular complexity index is 550. The highest BCUT2D eigenvalue weighted by atomic mass is 16.4. The van der Waals surface area contributed by atoms with Gasteiger partial charge in [-0.15, -0.1) is 0 Å². The lowest BCUT2D eigenvalue weighted by Gasteiger charge is -2.06. The number of carboxylic acid groups (broad SMARTS) is 1. The van der Waals surface area contributed by atoms with E-state index < -0.39 is 11.9 Å². The van der Waals surface area contributed by atoms with Crippen molar-refractivity contribution in [1.29, 1.82) is 0 Å². The predicted octanol–water partition coefficient (Wildman–Crippen LogP) is 0.750. The second-order valence-electron chi connectivity index (χ2n) is 4.62. The Morgan fingerprint density at radius 2 is 1.81 bits per heavy atom. The second-order valence-corrected chi connectivity index (χ2v) is 4.62. The summed E-state index contributed by atoms with van der Waals surface area (Å²) in [6, 6.07) is 5.96. The SMILES string of the molecule is CC(C)NC(=O)CC(=O)NN=Cc1ccc(C(=O)O)cc1. The maximum atomic E-state index is 11.4. The molecule has 1 aromatic carbocycles. The fraction of sp³-hybridized carbons (Fsp3) is 0.286. The summed E-state index contributed by atoms with van der Waals surface area (Å²) in [5, 5.41) is 15.0. The smallest absolute Gasteiger partial charge is 0.335 e. The molecule has 1 aromatic rings. The number of nitrogens with zero attached hydrogens (tertiary/aromatic N) is 1. The van der Waals surface area contributed by atoms with Crippen molar-refractivity contribution in [2.24, 2.45) is 5.10 Å². The normalized spacial score (nSPS) is 10.6. The summed E-state index contributed by atoms with van der Waals surface area (Å²) in [6.45, 7) is 3.60. The summed E-state index contributed by atoms with van der Waals surface area (Å²) < 4.78 is 0. The van der Waals surface area contributed by atoms with Crippen LogP contribution in [0.2, 0.25) is 0 Å². The molecule has 1 rings (SSSR count). The van der Waals surface area contributed by atoms with Crippen molar-refractivity contribution in [1.82, 2.24) is 10.7 Å². The molecule has 0 aliphatic heterocycles. The molecule has 0 saturated carbocycles. The molecule has 112 valence electrons. The topological polar surface area (TPSA) is 108 Å². The van der Waals surface area contributed by atoms with Gasteiger partial charge in [-0.25, -0.2) is 10.2 Å². The minimum Gasteiger partial charge on any atom is -0.478 e. The van der Waals surface area contributed by atoms with E-state index in [2.05, 4.69) is 15.8 Å². The minimum absolute atomic E-state index is 0.0263. The van der Waals surface area contributed by atoms with Crippen molar-refractivity contribution >= 4 is 24.0 Å². The highest BCUT2D eigenvalue weighted by Gasteiger charge is 2.09. The van der Waals surface area contributed by atoms with E-state index in [0.717, 1.165) is 0 Å². The lowest BCUT2D eigenvalue weighted by Crippen LogP contribution is -2.34. The first-order valence-corrected chi connectivity index (χ1v) is 6.33. The number of carbonyl (C=O) groups is 3. The quantitative estimate of drug-likeness (QED) is 0.408. The number of rotatable bonds is 6. The van der Waals surface area contributed by atoms with Crippen molar-refractivity contribution in [2.45, 2.75) is 26.3 Å². The molecule has 0 saturated heterocycles. The van der Waals surface area contributed by atoms with E-state index in [4.69, 9.17) is 5.11 Å². The summed E-state index contributed by atoms with van der Waals surface area (Å²) in [5.41, 5.74) is 3.03. The average molecular weight is 291 g/mol. The first kappa shape index (κ1) is 16.4. The number of hydrogen-bond acceptors (Lipinski definition) is 4. The average Bonchev–Trinajstić information content (AvgIpc) is 2.38. The molecule has 7 heteroatoms. The van der Waals surface area contributed by atoms with Gasteiger partial charge in [0.25, 0.3) is 0 Å². The number of amides is 2. The van der Waals surface area contributed by atoms with Gasteiger partial charge >= 0.3 is 5.97 Å². The van der Waals surface area contributed by atoms with Gasteiger partial charge < -0.3 is 10.4 Å². The molecule has 7 nitrogen and oxygen atoms in total. The number of carbonyl (C=O) groups excluding carboxylic acids is 2. The maximum Gasteiger partial charge on any atom is 0.335 e. The van der Waals surface area contributed by atoms with Crippen LogP contribution < -0.4 is 10.7 Å². The zero-order chi connectivity index (χ0) is 15.8. The van der Waals surface area contributed by atoms with Crippen molar-refractivity contribution in [3.63, 3.8) is 0 Å². The zero-order valence-electron chi connectivity index (χ0n) is 11.8. The summed E-state index contributed by atoms with van der Waals surface area (Å²) in [6.07, 6.45) is 1.07. The molecule has 21 heavy (non-hydrogen) atoms. The molecule has 0 aliphatic carbocycles. The van der Waals surface area contributed by atoms with Crippen LogP contribution in [-0.2, 0) is 9.59 Å². The third-order valence-corrected chi connectivity index (χ3v) is 2.33. The Morgan fingerprint density at radius 3 is 2.33 bits per heavy atom. The molecule has 0 heterocycles. The van der Waals surface area contributed by atoms with Crippen LogP contribution in [0.3, 0.4) is 0 Å².